The lowest BCUT2D eigenvalue weighted by molar-refractivity contribution is -0.121. The molecule has 2 aromatic heterocycles. The van der Waals surface area contributed by atoms with Crippen molar-refractivity contribution in [2.24, 2.45) is 0 Å². The van der Waals surface area contributed by atoms with Crippen LogP contribution in [0.5, 0.6) is 0 Å². The highest BCUT2D eigenvalue weighted by Gasteiger charge is 2.18. The number of nitrogens with one attached hydrogen (secondary N) is 1. The summed E-state index contributed by atoms with van der Waals surface area (Å²) in [4.78, 5) is 14.6. The molecule has 0 atom stereocenters. The summed E-state index contributed by atoms with van der Waals surface area (Å²) in [6.45, 7) is 0.524. The number of aromatic nitrogens is 2. The quantitative estimate of drug-likeness (QED) is 0.561. The number of benzene rings is 1. The second kappa shape index (κ2) is 9.89. The molecular formula is C23H28N4O2S. The zero-order valence-electron chi connectivity index (χ0n) is 17.3. The second-order valence-electron chi connectivity index (χ2n) is 7.86. The fraction of sp³-hybridized carbons (Fsp3) is 0.435. The van der Waals surface area contributed by atoms with Gasteiger partial charge in [-0.05, 0) is 42.0 Å². The Labute approximate surface area is 181 Å². The number of carbonyl (C=O) groups is 1. The van der Waals surface area contributed by atoms with Gasteiger partial charge in [-0.2, -0.15) is 11.3 Å². The third-order valence-electron chi connectivity index (χ3n) is 5.76. The lowest BCUT2D eigenvalue weighted by atomic mass is 9.94. The lowest BCUT2D eigenvalue weighted by Crippen LogP contribution is -2.33. The van der Waals surface area contributed by atoms with Gasteiger partial charge in [-0.25, -0.2) is 0 Å². The average Bonchev–Trinajstić information content (AvgIpc) is 3.49. The molecular weight excluding hydrogens is 396 g/mol. The Hall–Kier alpha value is -2.67. The van der Waals surface area contributed by atoms with Gasteiger partial charge in [-0.15, -0.1) is 10.2 Å². The summed E-state index contributed by atoms with van der Waals surface area (Å²) in [5.41, 5.74) is 3.26. The van der Waals surface area contributed by atoms with Crippen LogP contribution in [-0.4, -0.2) is 29.2 Å². The predicted octanol–water partition coefficient (Wildman–Crippen LogP) is 4.82. The molecule has 2 heterocycles. The first-order valence-corrected chi connectivity index (χ1v) is 11.6. The van der Waals surface area contributed by atoms with Gasteiger partial charge in [0, 0.05) is 49.1 Å². The number of amides is 1. The molecule has 1 fully saturated rings. The monoisotopic (exact) mass is 424 g/mol. The molecule has 1 saturated carbocycles. The molecule has 0 unspecified atom stereocenters. The Balaban J connectivity index is 1.22. The molecule has 158 valence electrons. The molecule has 1 aromatic carbocycles. The van der Waals surface area contributed by atoms with E-state index in [-0.39, 0.29) is 5.91 Å². The van der Waals surface area contributed by atoms with Crippen molar-refractivity contribution in [3.63, 3.8) is 0 Å². The molecule has 0 aliphatic heterocycles. The summed E-state index contributed by atoms with van der Waals surface area (Å²) >= 11 is 1.58. The number of hydrogen-bond donors (Lipinski definition) is 1. The summed E-state index contributed by atoms with van der Waals surface area (Å²) in [6, 6.07) is 11.1. The Kier molecular flexibility index (Phi) is 6.79. The number of hydrogen-bond acceptors (Lipinski definition) is 6. The third-order valence-corrected chi connectivity index (χ3v) is 6.44. The van der Waals surface area contributed by atoms with Crippen LogP contribution >= 0.6 is 11.3 Å². The van der Waals surface area contributed by atoms with Crippen LogP contribution in [0.15, 0.2) is 45.5 Å². The van der Waals surface area contributed by atoms with E-state index in [9.17, 15) is 4.79 Å². The average molecular weight is 425 g/mol. The summed E-state index contributed by atoms with van der Waals surface area (Å²) in [6.07, 6.45) is 7.36. The summed E-state index contributed by atoms with van der Waals surface area (Å²) < 4.78 is 5.63. The number of thiophene rings is 1. The molecule has 1 aliphatic carbocycles. The number of aryl methyl sites for hydroxylation is 1. The van der Waals surface area contributed by atoms with E-state index < -0.39 is 0 Å². The summed E-state index contributed by atoms with van der Waals surface area (Å²) in [7, 11) is 2.19. The van der Waals surface area contributed by atoms with Crippen LogP contribution in [0.4, 0.5) is 5.69 Å². The van der Waals surface area contributed by atoms with Gasteiger partial charge in [0.1, 0.15) is 0 Å². The standard InChI is InChI=1S/C23H28N4O2S/c1-27(19-5-3-2-4-6-19)20-9-7-17(8-10-20)15-24-21(28)11-12-22-25-26-23(29-22)18-13-14-30-16-18/h7-10,13-14,16,19H,2-6,11-12,15H2,1H3,(H,24,28). The molecule has 7 heteroatoms. The van der Waals surface area contributed by atoms with E-state index in [0.29, 0.717) is 37.2 Å². The van der Waals surface area contributed by atoms with E-state index in [0.717, 1.165) is 11.1 Å². The maximum absolute atomic E-state index is 12.2. The molecule has 0 spiro atoms. The Bertz CT molecular complexity index is 931. The first-order valence-electron chi connectivity index (χ1n) is 10.6. The van der Waals surface area contributed by atoms with Crippen LogP contribution in [0.1, 0.15) is 50.0 Å². The van der Waals surface area contributed by atoms with Crippen molar-refractivity contribution in [1.82, 2.24) is 15.5 Å². The van der Waals surface area contributed by atoms with E-state index in [2.05, 4.69) is 51.7 Å². The van der Waals surface area contributed by atoms with Crippen molar-refractivity contribution in [1.29, 1.82) is 0 Å². The minimum Gasteiger partial charge on any atom is -0.421 e. The number of rotatable bonds is 8. The Morgan fingerprint density at radius 1 is 1.17 bits per heavy atom. The lowest BCUT2D eigenvalue weighted by Gasteiger charge is -2.33. The predicted molar refractivity (Wildman–Crippen MR) is 119 cm³/mol. The first-order chi connectivity index (χ1) is 14.7. The minimum atomic E-state index is -0.0197. The molecule has 1 N–H and O–H groups in total. The van der Waals surface area contributed by atoms with Crippen LogP contribution < -0.4 is 10.2 Å². The minimum absolute atomic E-state index is 0.0197. The topological polar surface area (TPSA) is 71.3 Å². The molecule has 0 bridgehead atoms. The van der Waals surface area contributed by atoms with E-state index in [1.807, 2.05) is 16.8 Å². The highest BCUT2D eigenvalue weighted by molar-refractivity contribution is 7.08. The maximum Gasteiger partial charge on any atom is 0.248 e. The molecule has 1 amide bonds. The number of carbonyl (C=O) groups excluding carboxylic acids is 1. The molecule has 6 nitrogen and oxygen atoms in total. The number of anilines is 1. The highest BCUT2D eigenvalue weighted by atomic mass is 32.1. The molecule has 0 radical (unpaired) electrons. The molecule has 0 saturated heterocycles. The van der Waals surface area contributed by atoms with E-state index in [4.69, 9.17) is 4.42 Å². The van der Waals surface area contributed by atoms with Crippen molar-refractivity contribution in [3.8, 4) is 11.5 Å². The van der Waals surface area contributed by atoms with Gasteiger partial charge in [0.05, 0.1) is 0 Å². The molecule has 3 aromatic rings. The van der Waals surface area contributed by atoms with Crippen molar-refractivity contribution in [3.05, 3.63) is 52.5 Å². The Morgan fingerprint density at radius 3 is 2.70 bits per heavy atom. The van der Waals surface area contributed by atoms with Crippen molar-refractivity contribution >= 4 is 22.9 Å². The zero-order chi connectivity index (χ0) is 20.8. The van der Waals surface area contributed by atoms with Gasteiger partial charge in [0.15, 0.2) is 0 Å². The zero-order valence-corrected chi connectivity index (χ0v) is 18.2. The second-order valence-corrected chi connectivity index (χ2v) is 8.64. The van der Waals surface area contributed by atoms with E-state index in [1.54, 1.807) is 11.3 Å². The van der Waals surface area contributed by atoms with Crippen molar-refractivity contribution < 1.29 is 9.21 Å². The van der Waals surface area contributed by atoms with Gasteiger partial charge in [-0.3, -0.25) is 4.79 Å². The molecule has 1 aliphatic rings. The van der Waals surface area contributed by atoms with E-state index in [1.165, 1.54) is 37.8 Å². The largest absolute Gasteiger partial charge is 0.421 e. The van der Waals surface area contributed by atoms with Crippen LogP contribution in [0.25, 0.3) is 11.5 Å². The van der Waals surface area contributed by atoms with Crippen molar-refractivity contribution in [2.45, 2.75) is 57.5 Å². The normalized spacial score (nSPS) is 14.6. The van der Waals surface area contributed by atoms with Gasteiger partial charge < -0.3 is 14.6 Å². The van der Waals surface area contributed by atoms with Crippen LogP contribution in [0.3, 0.4) is 0 Å². The molecule has 30 heavy (non-hydrogen) atoms. The van der Waals surface area contributed by atoms with Gasteiger partial charge in [-0.1, -0.05) is 31.4 Å². The third kappa shape index (κ3) is 5.27. The molecule has 4 rings (SSSR count). The number of nitrogens with zero attached hydrogens (tertiary/aromatic N) is 3. The van der Waals surface area contributed by atoms with Gasteiger partial charge in [0.2, 0.25) is 17.7 Å². The first kappa shape index (κ1) is 20.6. The van der Waals surface area contributed by atoms with Crippen LogP contribution in [0, 0.1) is 0 Å². The fourth-order valence-electron chi connectivity index (χ4n) is 3.90. The Morgan fingerprint density at radius 2 is 1.97 bits per heavy atom. The van der Waals surface area contributed by atoms with Crippen molar-refractivity contribution in [2.75, 3.05) is 11.9 Å². The summed E-state index contributed by atoms with van der Waals surface area (Å²) in [5, 5.41) is 15.0. The SMILES string of the molecule is CN(c1ccc(CNC(=O)CCc2nnc(-c3ccsc3)o2)cc1)C1CCCCC1. The van der Waals surface area contributed by atoms with Gasteiger partial charge >= 0.3 is 0 Å². The fourth-order valence-corrected chi connectivity index (χ4v) is 4.52. The van der Waals surface area contributed by atoms with Crippen LogP contribution in [-0.2, 0) is 17.8 Å². The van der Waals surface area contributed by atoms with Crippen LogP contribution in [0.2, 0.25) is 0 Å². The smallest absolute Gasteiger partial charge is 0.248 e. The van der Waals surface area contributed by atoms with Gasteiger partial charge in [0.25, 0.3) is 0 Å². The summed E-state index contributed by atoms with van der Waals surface area (Å²) in [5.74, 6) is 0.972. The van der Waals surface area contributed by atoms with E-state index >= 15 is 0 Å². The maximum atomic E-state index is 12.2. The highest BCUT2D eigenvalue weighted by Crippen LogP contribution is 2.26.